The highest BCUT2D eigenvalue weighted by Crippen LogP contribution is 2.26. The Hall–Kier alpha value is -4.10. The Balaban J connectivity index is 2.68. The minimum Gasteiger partial charge on any atom is -0.479 e. The zero-order chi connectivity index (χ0) is 56.1. The fraction of sp³-hybridized carbons (Fsp3) is 0.723. The number of hydrogen-bond donors (Lipinski definition) is 3. The Morgan fingerprint density at radius 2 is 0.818 bits per heavy atom. The molecule has 0 radical (unpaired) electrons. The van der Waals surface area contributed by atoms with Crippen molar-refractivity contribution >= 4 is 23.9 Å². The summed E-state index contributed by atoms with van der Waals surface area (Å²) in [5.74, 6) is -3.18. The van der Waals surface area contributed by atoms with Gasteiger partial charge in [-0.05, 0) is 116 Å². The molecule has 0 aromatic rings. The van der Waals surface area contributed by atoms with E-state index in [1.165, 1.54) is 70.6 Å². The van der Waals surface area contributed by atoms with Gasteiger partial charge in [-0.25, -0.2) is 4.79 Å². The van der Waals surface area contributed by atoms with Gasteiger partial charge in [0.2, 0.25) is 0 Å². The number of aliphatic hydroxyl groups is 2. The second-order valence-corrected chi connectivity index (χ2v) is 20.6. The molecule has 1 aliphatic heterocycles. The van der Waals surface area contributed by atoms with Crippen LogP contribution in [0, 0.1) is 0 Å². The van der Waals surface area contributed by atoms with Crippen LogP contribution in [0.4, 0.5) is 0 Å². The lowest BCUT2D eigenvalue weighted by Crippen LogP contribution is -2.61. The number of carboxylic acids is 1. The Bertz CT molecular complexity index is 1660. The lowest BCUT2D eigenvalue weighted by molar-refractivity contribution is -0.301. The summed E-state index contributed by atoms with van der Waals surface area (Å²) in [5, 5.41) is 31.5. The first-order valence-electron chi connectivity index (χ1n) is 30.6. The first-order chi connectivity index (χ1) is 37.6. The van der Waals surface area contributed by atoms with Crippen molar-refractivity contribution in [2.24, 2.45) is 0 Å². The number of carboxylic acid groups (broad SMARTS) is 1. The van der Waals surface area contributed by atoms with E-state index in [1.807, 2.05) is 0 Å². The molecule has 0 saturated carbocycles. The van der Waals surface area contributed by atoms with E-state index in [-0.39, 0.29) is 25.9 Å². The first kappa shape index (κ1) is 70.9. The van der Waals surface area contributed by atoms with E-state index in [0.29, 0.717) is 19.3 Å². The number of hydrogen-bond acceptors (Lipinski definition) is 11. The first-order valence-corrected chi connectivity index (χ1v) is 30.6. The highest BCUT2D eigenvalue weighted by Gasteiger charge is 2.50. The molecule has 0 bridgehead atoms. The predicted octanol–water partition coefficient (Wildman–Crippen LogP) is 15.9. The molecule has 0 aromatic heterocycles. The molecule has 3 N–H and O–H groups in total. The maximum Gasteiger partial charge on any atom is 0.335 e. The van der Waals surface area contributed by atoms with Crippen molar-refractivity contribution in [3.8, 4) is 0 Å². The van der Waals surface area contributed by atoms with Crippen LogP contribution < -0.4 is 0 Å². The molecular weight excluding hydrogens is 973 g/mol. The molecule has 1 fully saturated rings. The number of esters is 3. The van der Waals surface area contributed by atoms with E-state index in [1.54, 1.807) is 0 Å². The van der Waals surface area contributed by atoms with E-state index < -0.39 is 67.3 Å². The van der Waals surface area contributed by atoms with Gasteiger partial charge in [-0.2, -0.15) is 0 Å². The zero-order valence-corrected chi connectivity index (χ0v) is 48.4. The molecule has 6 unspecified atom stereocenters. The van der Waals surface area contributed by atoms with Gasteiger partial charge in [0, 0.05) is 19.3 Å². The molecule has 0 aliphatic carbocycles. The second-order valence-electron chi connectivity index (χ2n) is 20.6. The van der Waals surface area contributed by atoms with E-state index >= 15 is 0 Å². The predicted molar refractivity (Wildman–Crippen MR) is 312 cm³/mol. The number of aliphatic hydroxyl groups excluding tert-OH is 2. The lowest BCUT2D eigenvalue weighted by atomic mass is 9.98. The minimum atomic E-state index is -1.91. The van der Waals surface area contributed by atoms with E-state index in [4.69, 9.17) is 23.7 Å². The van der Waals surface area contributed by atoms with Crippen molar-refractivity contribution in [1.29, 1.82) is 0 Å². The fourth-order valence-electron chi connectivity index (χ4n) is 8.74. The molecule has 1 aliphatic rings. The summed E-state index contributed by atoms with van der Waals surface area (Å²) < 4.78 is 28.4. The quantitative estimate of drug-likeness (QED) is 0.0228. The molecule has 12 nitrogen and oxygen atoms in total. The van der Waals surface area contributed by atoms with Gasteiger partial charge in [-0.15, -0.1) is 0 Å². The third-order valence-electron chi connectivity index (χ3n) is 13.4. The van der Waals surface area contributed by atoms with Crippen LogP contribution in [0.1, 0.15) is 252 Å². The Morgan fingerprint density at radius 1 is 0.442 bits per heavy atom. The van der Waals surface area contributed by atoms with Crippen LogP contribution in [-0.2, 0) is 42.9 Å². The topological polar surface area (TPSA) is 175 Å². The molecule has 6 atom stereocenters. The largest absolute Gasteiger partial charge is 0.479 e. The van der Waals surface area contributed by atoms with Gasteiger partial charge < -0.3 is 39.0 Å². The molecular formula is C65H108O12. The maximum atomic E-state index is 13.1. The number of unbranched alkanes of at least 4 members (excludes halogenated alkanes) is 23. The highest BCUT2D eigenvalue weighted by atomic mass is 16.7. The normalized spacial score (nSPS) is 18.6. The van der Waals surface area contributed by atoms with Crippen LogP contribution in [0.5, 0.6) is 0 Å². The molecule has 0 spiro atoms. The van der Waals surface area contributed by atoms with Crippen molar-refractivity contribution in [1.82, 2.24) is 0 Å². The van der Waals surface area contributed by atoms with E-state index in [2.05, 4.69) is 106 Å². The molecule has 77 heavy (non-hydrogen) atoms. The number of ether oxygens (including phenoxy) is 5. The summed E-state index contributed by atoms with van der Waals surface area (Å²) in [7, 11) is 0. The summed E-state index contributed by atoms with van der Waals surface area (Å²) >= 11 is 0. The summed E-state index contributed by atoms with van der Waals surface area (Å²) in [6, 6.07) is 0. The lowest BCUT2D eigenvalue weighted by Gasteiger charge is -2.40. The number of aliphatic carboxylic acids is 1. The summed E-state index contributed by atoms with van der Waals surface area (Å²) in [6.07, 6.45) is 55.5. The standard InChI is InChI=1S/C65H108O12/c1-4-7-10-13-16-19-22-25-27-28-29-30-32-35-38-41-44-47-50-53-59(68)76-63-61(70)60(69)62(64(71)72)77-65(63)74-55-56(75-58(67)52-49-46-43-40-37-33-24-21-18-15-12-9-6-3)54-73-57(66)51-48-45-42-39-36-34-31-26-23-20-17-14-11-8-5-2/h9,12,16-21,25-27,31,33,37,56,60-63,65,69-70H,4-8,10-11,13-15,22-24,28-30,32,34-36,38-55H2,1-3H3,(H,71,72)/b12-9-,19-16-,20-17-,21-18-,27-25-,31-26-,37-33-. The third kappa shape index (κ3) is 42.5. The van der Waals surface area contributed by atoms with Crippen LogP contribution in [0.3, 0.4) is 0 Å². The van der Waals surface area contributed by atoms with E-state index in [9.17, 15) is 34.5 Å². The van der Waals surface area contributed by atoms with Crippen molar-refractivity contribution in [3.63, 3.8) is 0 Å². The molecule has 12 heteroatoms. The summed E-state index contributed by atoms with van der Waals surface area (Å²) in [5.41, 5.74) is 0. The van der Waals surface area contributed by atoms with E-state index in [0.717, 1.165) is 122 Å². The number of allylic oxidation sites excluding steroid dienone is 14. The molecule has 0 amide bonds. The van der Waals surface area contributed by atoms with Crippen molar-refractivity contribution in [2.45, 2.75) is 289 Å². The van der Waals surface area contributed by atoms with Crippen LogP contribution in [0.2, 0.25) is 0 Å². The molecule has 1 heterocycles. The summed E-state index contributed by atoms with van der Waals surface area (Å²) in [6.45, 7) is 5.79. The molecule has 0 aromatic carbocycles. The fourth-order valence-corrected chi connectivity index (χ4v) is 8.74. The number of carbonyl (C=O) groups excluding carboxylic acids is 3. The van der Waals surface area contributed by atoms with Gasteiger partial charge >= 0.3 is 23.9 Å². The van der Waals surface area contributed by atoms with Gasteiger partial charge in [0.15, 0.2) is 24.6 Å². The van der Waals surface area contributed by atoms with Crippen molar-refractivity contribution in [3.05, 3.63) is 85.1 Å². The number of rotatable bonds is 51. The van der Waals surface area contributed by atoms with Gasteiger partial charge in [0.05, 0.1) is 6.61 Å². The van der Waals surface area contributed by atoms with Crippen LogP contribution in [-0.4, -0.2) is 89.2 Å². The van der Waals surface area contributed by atoms with Gasteiger partial charge in [0.25, 0.3) is 0 Å². The smallest absolute Gasteiger partial charge is 0.335 e. The van der Waals surface area contributed by atoms with Gasteiger partial charge in [0.1, 0.15) is 18.8 Å². The minimum absolute atomic E-state index is 0.0479. The number of carbonyl (C=O) groups is 4. The Kier molecular flexibility index (Phi) is 48.4. The van der Waals surface area contributed by atoms with Gasteiger partial charge in [-0.3, -0.25) is 14.4 Å². The summed E-state index contributed by atoms with van der Waals surface area (Å²) in [4.78, 5) is 51.2. The van der Waals surface area contributed by atoms with Gasteiger partial charge in [-0.1, -0.05) is 202 Å². The average Bonchev–Trinajstić information content (AvgIpc) is 3.42. The molecule has 1 saturated heterocycles. The third-order valence-corrected chi connectivity index (χ3v) is 13.4. The zero-order valence-electron chi connectivity index (χ0n) is 48.4. The SMILES string of the molecule is CC/C=C\C/C=C\C/C=C\CCCCCC(=O)OC(COC(=O)CCCCCCC/C=C\C/C=C\CCCCC)COC1OC(C(=O)O)C(O)C(O)C1OC(=O)CCCCCCCCCCC/C=C\C/C=C\CCCCC. The van der Waals surface area contributed by atoms with Crippen LogP contribution in [0.25, 0.3) is 0 Å². The monoisotopic (exact) mass is 1080 g/mol. The maximum absolute atomic E-state index is 13.1. The van der Waals surface area contributed by atoms with Crippen molar-refractivity contribution in [2.75, 3.05) is 13.2 Å². The Labute approximate surface area is 467 Å². The second kappa shape index (κ2) is 52.6. The highest BCUT2D eigenvalue weighted by molar-refractivity contribution is 5.74. The van der Waals surface area contributed by atoms with Crippen LogP contribution >= 0.6 is 0 Å². The molecule has 440 valence electrons. The van der Waals surface area contributed by atoms with Crippen LogP contribution in [0.15, 0.2) is 85.1 Å². The molecule has 1 rings (SSSR count). The average molecular weight is 1080 g/mol. The van der Waals surface area contributed by atoms with Crippen molar-refractivity contribution < 1.29 is 58.2 Å². The Morgan fingerprint density at radius 3 is 1.26 bits per heavy atom.